The monoisotopic (exact) mass is 391 g/mol. The van der Waals surface area contributed by atoms with Crippen molar-refractivity contribution in [2.75, 3.05) is 33.3 Å². The molecule has 0 unspecified atom stereocenters. The molecular weight excluding hydrogens is 370 g/mol. The van der Waals surface area contributed by atoms with Crippen LogP contribution in [0.2, 0.25) is 5.02 Å². The second kappa shape index (κ2) is 9.73. The Morgan fingerprint density at radius 1 is 1.07 bits per heavy atom. The summed E-state index contributed by atoms with van der Waals surface area (Å²) in [5.41, 5.74) is 1.24. The minimum atomic E-state index is -0.317. The van der Waals surface area contributed by atoms with Gasteiger partial charge in [-0.3, -0.25) is 4.79 Å². The molecule has 0 fully saturated rings. The first-order chi connectivity index (χ1) is 13.0. The summed E-state index contributed by atoms with van der Waals surface area (Å²) >= 11 is 6.24. The fraction of sp³-hybridized carbons (Fsp3) is 0.250. The molecule has 1 N–H and O–H groups in total. The molecular formula is C20H22ClNO5. The number of ether oxygens (including phenoxy) is 4. The Labute approximate surface area is 163 Å². The number of rotatable bonds is 8. The van der Waals surface area contributed by atoms with Crippen LogP contribution >= 0.6 is 11.6 Å². The van der Waals surface area contributed by atoms with Crippen LogP contribution < -0.4 is 24.3 Å². The van der Waals surface area contributed by atoms with Crippen LogP contribution in [0.15, 0.2) is 36.4 Å². The summed E-state index contributed by atoms with van der Waals surface area (Å²) in [4.78, 5) is 12.2. The molecule has 0 atom stereocenters. The third-order valence-electron chi connectivity index (χ3n) is 3.63. The van der Waals surface area contributed by atoms with Crippen molar-refractivity contribution in [2.45, 2.75) is 6.92 Å². The summed E-state index contributed by atoms with van der Waals surface area (Å²) in [6.45, 7) is 2.33. The lowest BCUT2D eigenvalue weighted by Crippen LogP contribution is -2.09. The van der Waals surface area contributed by atoms with Crippen LogP contribution in [0.5, 0.6) is 23.0 Å². The van der Waals surface area contributed by atoms with E-state index in [0.29, 0.717) is 45.9 Å². The van der Waals surface area contributed by atoms with Crippen molar-refractivity contribution in [3.8, 4) is 23.0 Å². The average molecular weight is 392 g/mol. The highest BCUT2D eigenvalue weighted by molar-refractivity contribution is 6.32. The van der Waals surface area contributed by atoms with E-state index in [0.717, 1.165) is 0 Å². The highest BCUT2D eigenvalue weighted by Crippen LogP contribution is 2.36. The zero-order valence-electron chi connectivity index (χ0n) is 15.7. The predicted octanol–water partition coefficient (Wildman–Crippen LogP) is 4.42. The topological polar surface area (TPSA) is 66.0 Å². The van der Waals surface area contributed by atoms with Gasteiger partial charge in [0.2, 0.25) is 5.91 Å². The fourth-order valence-electron chi connectivity index (χ4n) is 2.37. The van der Waals surface area contributed by atoms with Gasteiger partial charge in [-0.1, -0.05) is 11.6 Å². The highest BCUT2D eigenvalue weighted by Gasteiger charge is 2.11. The number of benzene rings is 2. The molecule has 0 aliphatic carbocycles. The molecule has 0 saturated heterocycles. The first kappa shape index (κ1) is 20.5. The van der Waals surface area contributed by atoms with E-state index in [9.17, 15) is 4.79 Å². The summed E-state index contributed by atoms with van der Waals surface area (Å²) in [6.07, 6.45) is 3.03. The molecule has 0 heterocycles. The zero-order chi connectivity index (χ0) is 19.8. The highest BCUT2D eigenvalue weighted by atomic mass is 35.5. The molecule has 27 heavy (non-hydrogen) atoms. The minimum Gasteiger partial charge on any atom is -0.497 e. The number of carbonyl (C=O) groups excluding carboxylic acids is 1. The van der Waals surface area contributed by atoms with E-state index < -0.39 is 0 Å². The lowest BCUT2D eigenvalue weighted by atomic mass is 10.2. The van der Waals surface area contributed by atoms with E-state index in [4.69, 9.17) is 30.5 Å². The van der Waals surface area contributed by atoms with E-state index >= 15 is 0 Å². The molecule has 0 aromatic heterocycles. The number of methoxy groups -OCH3 is 3. The van der Waals surface area contributed by atoms with Crippen molar-refractivity contribution in [3.05, 3.63) is 47.0 Å². The van der Waals surface area contributed by atoms with Gasteiger partial charge in [0.25, 0.3) is 0 Å². The van der Waals surface area contributed by atoms with Crippen LogP contribution in [0.25, 0.3) is 6.08 Å². The van der Waals surface area contributed by atoms with Crippen molar-refractivity contribution >= 4 is 29.3 Å². The van der Waals surface area contributed by atoms with Crippen LogP contribution in [0.3, 0.4) is 0 Å². The Bertz CT molecular complexity index is 835. The summed E-state index contributed by atoms with van der Waals surface area (Å²) in [5.74, 6) is 1.80. The maximum absolute atomic E-state index is 12.2. The Morgan fingerprint density at radius 2 is 1.81 bits per heavy atom. The molecule has 7 heteroatoms. The van der Waals surface area contributed by atoms with Gasteiger partial charge >= 0.3 is 0 Å². The van der Waals surface area contributed by atoms with Gasteiger partial charge in [-0.05, 0) is 42.8 Å². The number of anilines is 1. The fourth-order valence-corrected chi connectivity index (χ4v) is 2.64. The SMILES string of the molecule is CCOc1c(Cl)cc(/C=C/C(=O)Nc2ccc(OC)cc2OC)cc1OC. The van der Waals surface area contributed by atoms with Crippen LogP contribution in [-0.2, 0) is 4.79 Å². The molecule has 2 aromatic carbocycles. The molecule has 0 aliphatic rings. The number of amides is 1. The molecule has 0 aliphatic heterocycles. The maximum Gasteiger partial charge on any atom is 0.248 e. The molecule has 2 rings (SSSR count). The van der Waals surface area contributed by atoms with Gasteiger partial charge < -0.3 is 24.3 Å². The number of hydrogen-bond donors (Lipinski definition) is 1. The van der Waals surface area contributed by atoms with Crippen LogP contribution in [0.1, 0.15) is 12.5 Å². The molecule has 2 aromatic rings. The Hall–Kier alpha value is -2.86. The van der Waals surface area contributed by atoms with Gasteiger partial charge in [0.15, 0.2) is 11.5 Å². The predicted molar refractivity (Wildman–Crippen MR) is 106 cm³/mol. The summed E-state index contributed by atoms with van der Waals surface area (Å²) < 4.78 is 21.2. The van der Waals surface area contributed by atoms with E-state index in [1.165, 1.54) is 20.3 Å². The van der Waals surface area contributed by atoms with Crippen molar-refractivity contribution in [1.29, 1.82) is 0 Å². The van der Waals surface area contributed by atoms with Gasteiger partial charge in [0, 0.05) is 12.1 Å². The summed E-state index contributed by atoms with van der Waals surface area (Å²) in [7, 11) is 4.62. The van der Waals surface area contributed by atoms with E-state index in [-0.39, 0.29) is 5.91 Å². The third kappa shape index (κ3) is 5.31. The van der Waals surface area contributed by atoms with E-state index in [1.807, 2.05) is 6.92 Å². The van der Waals surface area contributed by atoms with Gasteiger partial charge in [-0.2, -0.15) is 0 Å². The first-order valence-corrected chi connectivity index (χ1v) is 8.61. The standard InChI is InChI=1S/C20H22ClNO5/c1-5-27-20-15(21)10-13(11-18(20)26-4)6-9-19(23)22-16-8-7-14(24-2)12-17(16)25-3/h6-12H,5H2,1-4H3,(H,22,23)/b9-6+. The molecule has 1 amide bonds. The average Bonchev–Trinajstić information content (AvgIpc) is 2.68. The largest absolute Gasteiger partial charge is 0.497 e. The second-order valence-corrected chi connectivity index (χ2v) is 5.76. The molecule has 6 nitrogen and oxygen atoms in total. The number of carbonyl (C=O) groups is 1. The van der Waals surface area contributed by atoms with Crippen LogP contribution in [0, 0.1) is 0 Å². The van der Waals surface area contributed by atoms with Crippen LogP contribution in [0.4, 0.5) is 5.69 Å². The first-order valence-electron chi connectivity index (χ1n) is 8.23. The number of hydrogen-bond acceptors (Lipinski definition) is 5. The van der Waals surface area contributed by atoms with Gasteiger partial charge in [-0.15, -0.1) is 0 Å². The van der Waals surface area contributed by atoms with Crippen LogP contribution in [-0.4, -0.2) is 33.8 Å². The van der Waals surface area contributed by atoms with E-state index in [1.54, 1.807) is 43.5 Å². The Balaban J connectivity index is 2.16. The quantitative estimate of drug-likeness (QED) is 0.675. The van der Waals surface area contributed by atoms with E-state index in [2.05, 4.69) is 5.32 Å². The lowest BCUT2D eigenvalue weighted by Gasteiger charge is -2.12. The van der Waals surface area contributed by atoms with Crippen molar-refractivity contribution < 1.29 is 23.7 Å². The summed E-state index contributed by atoms with van der Waals surface area (Å²) in [6, 6.07) is 8.58. The second-order valence-electron chi connectivity index (χ2n) is 5.36. The molecule has 144 valence electrons. The third-order valence-corrected chi connectivity index (χ3v) is 3.91. The molecule has 0 saturated carbocycles. The Kier molecular flexibility index (Phi) is 7.37. The molecule has 0 spiro atoms. The van der Waals surface area contributed by atoms with Crippen molar-refractivity contribution in [1.82, 2.24) is 0 Å². The smallest absolute Gasteiger partial charge is 0.248 e. The van der Waals surface area contributed by atoms with Gasteiger partial charge in [0.1, 0.15) is 11.5 Å². The van der Waals surface area contributed by atoms with Gasteiger partial charge in [0.05, 0.1) is 38.6 Å². The molecule has 0 radical (unpaired) electrons. The Morgan fingerprint density at radius 3 is 2.44 bits per heavy atom. The summed E-state index contributed by atoms with van der Waals surface area (Å²) in [5, 5.41) is 3.17. The lowest BCUT2D eigenvalue weighted by molar-refractivity contribution is -0.111. The zero-order valence-corrected chi connectivity index (χ0v) is 16.4. The van der Waals surface area contributed by atoms with Crippen molar-refractivity contribution in [2.24, 2.45) is 0 Å². The normalized spacial score (nSPS) is 10.6. The number of halogens is 1. The van der Waals surface area contributed by atoms with Crippen molar-refractivity contribution in [3.63, 3.8) is 0 Å². The molecule has 0 bridgehead atoms. The van der Waals surface area contributed by atoms with Gasteiger partial charge in [-0.25, -0.2) is 0 Å². The minimum absolute atomic E-state index is 0.317. The number of nitrogens with one attached hydrogen (secondary N) is 1. The maximum atomic E-state index is 12.2.